The van der Waals surface area contributed by atoms with Gasteiger partial charge in [0, 0.05) is 16.7 Å². The molecule has 3 saturated carbocycles. The molecule has 162 valence electrons. The van der Waals surface area contributed by atoms with E-state index in [0.717, 1.165) is 38.5 Å². The zero-order valence-corrected chi connectivity index (χ0v) is 18.1. The van der Waals surface area contributed by atoms with Crippen LogP contribution in [0.15, 0.2) is 16.8 Å². The van der Waals surface area contributed by atoms with E-state index in [2.05, 4.69) is 23.9 Å². The van der Waals surface area contributed by atoms with Crippen molar-refractivity contribution in [2.45, 2.75) is 77.7 Å². The predicted molar refractivity (Wildman–Crippen MR) is 110 cm³/mol. The van der Waals surface area contributed by atoms with Gasteiger partial charge in [0.1, 0.15) is 6.54 Å². The second kappa shape index (κ2) is 7.23. The van der Waals surface area contributed by atoms with Crippen molar-refractivity contribution in [3.63, 3.8) is 0 Å². The van der Waals surface area contributed by atoms with Gasteiger partial charge in [0.2, 0.25) is 0 Å². The number of Topliss-reactive ketones (excluding diaryl/α,β-unsaturated/α-hetero) is 1. The first kappa shape index (κ1) is 21.1. The minimum absolute atomic E-state index is 0.0673. The Labute approximate surface area is 177 Å². The molecule has 0 aromatic heterocycles. The van der Waals surface area contributed by atoms with Crippen LogP contribution < -0.4 is 0 Å². The van der Waals surface area contributed by atoms with Crippen LogP contribution in [0.2, 0.25) is 0 Å². The van der Waals surface area contributed by atoms with E-state index < -0.39 is 23.5 Å². The van der Waals surface area contributed by atoms with Crippen LogP contribution >= 0.6 is 0 Å². The molecule has 0 unspecified atom stereocenters. The van der Waals surface area contributed by atoms with E-state index >= 15 is 0 Å². The minimum Gasteiger partial charge on any atom is -0.450 e. The van der Waals surface area contributed by atoms with Crippen molar-refractivity contribution in [3.8, 4) is 0 Å². The summed E-state index contributed by atoms with van der Waals surface area (Å²) in [5.74, 6) is 0.805. The Balaban J connectivity index is 1.65. The van der Waals surface area contributed by atoms with E-state index in [9.17, 15) is 14.4 Å². The van der Waals surface area contributed by atoms with Crippen molar-refractivity contribution in [2.75, 3.05) is 6.54 Å². The molecule has 0 radical (unpaired) electrons. The second-order valence-corrected chi connectivity index (χ2v) is 10.2. The van der Waals surface area contributed by atoms with Gasteiger partial charge in [-0.25, -0.2) is 0 Å². The molecule has 6 atom stereocenters. The fourth-order valence-corrected chi connectivity index (χ4v) is 7.69. The van der Waals surface area contributed by atoms with Gasteiger partial charge in [-0.1, -0.05) is 24.5 Å². The molecule has 7 heteroatoms. The van der Waals surface area contributed by atoms with E-state index in [0.29, 0.717) is 30.6 Å². The van der Waals surface area contributed by atoms with Crippen LogP contribution in [0.1, 0.15) is 72.1 Å². The van der Waals surface area contributed by atoms with Crippen molar-refractivity contribution < 1.29 is 19.1 Å². The second-order valence-electron chi connectivity index (χ2n) is 10.2. The summed E-state index contributed by atoms with van der Waals surface area (Å²) in [6, 6.07) is 0. The lowest BCUT2D eigenvalue weighted by molar-refractivity contribution is -0.187. The molecule has 3 fully saturated rings. The van der Waals surface area contributed by atoms with Gasteiger partial charge in [-0.05, 0) is 86.6 Å². The lowest BCUT2D eigenvalue weighted by Crippen LogP contribution is -2.58. The zero-order valence-electron chi connectivity index (χ0n) is 18.1. The number of hydrogen-bond acceptors (Lipinski definition) is 5. The van der Waals surface area contributed by atoms with E-state index in [4.69, 9.17) is 10.3 Å². The molecule has 4 aliphatic rings. The number of nitrogens with zero attached hydrogens (tertiary/aromatic N) is 3. The fraction of sp³-hybridized carbons (Fsp3) is 0.783. The highest BCUT2D eigenvalue weighted by Crippen LogP contribution is 2.68. The van der Waals surface area contributed by atoms with Crippen molar-refractivity contribution in [1.29, 1.82) is 0 Å². The molecule has 0 heterocycles. The predicted octanol–water partition coefficient (Wildman–Crippen LogP) is 4.70. The van der Waals surface area contributed by atoms with Gasteiger partial charge in [-0.2, -0.15) is 0 Å². The lowest BCUT2D eigenvalue weighted by Gasteiger charge is -2.59. The number of allylic oxidation sites excluding steroid dienone is 1. The number of ether oxygens (including phenoxy) is 1. The quantitative estimate of drug-likeness (QED) is 0.288. The topological polar surface area (TPSA) is 109 Å². The summed E-state index contributed by atoms with van der Waals surface area (Å²) < 4.78 is 5.85. The normalized spacial score (nSPS) is 42.2. The SMILES string of the molecule is CC(=O)[C@@]1(OC(=O)CN=[N+]=[N-])CC[C@H]2[C@@H]3CCC4=CC(=O)CC[C@]4(C)[C@H]3CC[C@@]21C. The van der Waals surface area contributed by atoms with Gasteiger partial charge < -0.3 is 4.74 Å². The summed E-state index contributed by atoms with van der Waals surface area (Å²) in [5.41, 5.74) is 8.35. The maximum absolute atomic E-state index is 12.9. The van der Waals surface area contributed by atoms with Crippen LogP contribution in [0.3, 0.4) is 0 Å². The molecule has 0 aromatic carbocycles. The van der Waals surface area contributed by atoms with Gasteiger partial charge in [-0.3, -0.25) is 14.4 Å². The van der Waals surface area contributed by atoms with Crippen molar-refractivity contribution in [2.24, 2.45) is 33.7 Å². The molecule has 0 spiro atoms. The monoisotopic (exact) mass is 413 g/mol. The third-order valence-corrected chi connectivity index (χ3v) is 9.20. The van der Waals surface area contributed by atoms with Crippen LogP contribution in [0.4, 0.5) is 0 Å². The summed E-state index contributed by atoms with van der Waals surface area (Å²) in [5, 5.41) is 3.32. The molecule has 7 nitrogen and oxygen atoms in total. The minimum atomic E-state index is -1.13. The standard InChI is InChI=1S/C23H31N3O4/c1-14(27)23(30-20(29)13-25-26-24)11-8-19-17-5-4-15-12-16(28)6-9-21(15,2)18(17)7-10-22(19,23)3/h12,17-19H,4-11,13H2,1-3H3/t17-,18+,19+,21+,22+,23+/m1/s1. The smallest absolute Gasteiger partial charge is 0.312 e. The Morgan fingerprint density at radius 2 is 1.90 bits per heavy atom. The first-order valence-corrected chi connectivity index (χ1v) is 11.2. The number of rotatable bonds is 4. The molecule has 0 N–H and O–H groups in total. The highest BCUT2D eigenvalue weighted by molar-refractivity contribution is 5.92. The number of esters is 1. The number of fused-ring (bicyclic) bond motifs is 5. The highest BCUT2D eigenvalue weighted by Gasteiger charge is 2.67. The number of ketones is 2. The molecule has 0 aliphatic heterocycles. The number of carbonyl (C=O) groups excluding carboxylic acids is 3. The highest BCUT2D eigenvalue weighted by atomic mass is 16.6. The van der Waals surface area contributed by atoms with Gasteiger partial charge >= 0.3 is 5.97 Å². The summed E-state index contributed by atoms with van der Waals surface area (Å²) in [4.78, 5) is 39.9. The number of hydrogen-bond donors (Lipinski definition) is 0. The number of carbonyl (C=O) groups is 3. The van der Waals surface area contributed by atoms with Gasteiger partial charge in [-0.15, -0.1) is 0 Å². The zero-order chi connectivity index (χ0) is 21.7. The Bertz CT molecular complexity index is 876. The molecule has 0 saturated heterocycles. The van der Waals surface area contributed by atoms with Crippen LogP contribution in [-0.4, -0.2) is 29.7 Å². The van der Waals surface area contributed by atoms with Crippen LogP contribution in [0.5, 0.6) is 0 Å². The molecule has 4 aliphatic carbocycles. The molecule has 0 bridgehead atoms. The van der Waals surface area contributed by atoms with Crippen molar-refractivity contribution in [1.82, 2.24) is 0 Å². The van der Waals surface area contributed by atoms with E-state index in [1.807, 2.05) is 6.08 Å². The van der Waals surface area contributed by atoms with Gasteiger partial charge in [0.15, 0.2) is 17.2 Å². The van der Waals surface area contributed by atoms with Crippen molar-refractivity contribution in [3.05, 3.63) is 22.1 Å². The van der Waals surface area contributed by atoms with Crippen LogP contribution in [0, 0.1) is 28.6 Å². The first-order valence-electron chi connectivity index (χ1n) is 11.2. The summed E-state index contributed by atoms with van der Waals surface area (Å²) in [6.45, 7) is 5.59. The molecular weight excluding hydrogens is 382 g/mol. The Kier molecular flexibility index (Phi) is 5.08. The fourth-order valence-electron chi connectivity index (χ4n) is 7.69. The molecule has 0 amide bonds. The first-order chi connectivity index (χ1) is 14.2. The van der Waals surface area contributed by atoms with Gasteiger partial charge in [0.05, 0.1) is 0 Å². The van der Waals surface area contributed by atoms with Crippen LogP contribution in [-0.2, 0) is 19.1 Å². The lowest BCUT2D eigenvalue weighted by atomic mass is 9.46. The molecular formula is C23H31N3O4. The Hall–Kier alpha value is -2.14. The van der Waals surface area contributed by atoms with Crippen LogP contribution in [0.25, 0.3) is 10.4 Å². The molecule has 4 rings (SSSR count). The van der Waals surface area contributed by atoms with Gasteiger partial charge in [0.25, 0.3) is 0 Å². The average Bonchev–Trinajstić information content (AvgIpc) is 3.00. The third kappa shape index (κ3) is 2.85. The maximum Gasteiger partial charge on any atom is 0.312 e. The third-order valence-electron chi connectivity index (χ3n) is 9.20. The summed E-state index contributed by atoms with van der Waals surface area (Å²) in [7, 11) is 0. The van der Waals surface area contributed by atoms with E-state index in [1.165, 1.54) is 12.5 Å². The average molecular weight is 414 g/mol. The van der Waals surface area contributed by atoms with Crippen molar-refractivity contribution >= 4 is 17.5 Å². The Morgan fingerprint density at radius 3 is 2.60 bits per heavy atom. The van der Waals surface area contributed by atoms with E-state index in [-0.39, 0.29) is 17.0 Å². The molecule has 0 aromatic rings. The maximum atomic E-state index is 12.9. The van der Waals surface area contributed by atoms with E-state index in [1.54, 1.807) is 0 Å². The largest absolute Gasteiger partial charge is 0.450 e. The summed E-state index contributed by atoms with van der Waals surface area (Å²) >= 11 is 0. The number of azide groups is 1. The summed E-state index contributed by atoms with van der Waals surface area (Å²) in [6.07, 6.45) is 8.61. The molecule has 30 heavy (non-hydrogen) atoms. The Morgan fingerprint density at radius 1 is 1.17 bits per heavy atom.